The number of ether oxygens (including phenoxy) is 1. The molecule has 0 bridgehead atoms. The van der Waals surface area contributed by atoms with Crippen molar-refractivity contribution in [1.82, 2.24) is 10.1 Å². The molecule has 0 aliphatic heterocycles. The van der Waals surface area contributed by atoms with Gasteiger partial charge in [-0.1, -0.05) is 37.3 Å². The third kappa shape index (κ3) is 2.86. The maximum absolute atomic E-state index is 6.00. The first kappa shape index (κ1) is 15.0. The van der Waals surface area contributed by atoms with E-state index in [0.717, 1.165) is 24.6 Å². The van der Waals surface area contributed by atoms with Gasteiger partial charge in [-0.3, -0.25) is 0 Å². The van der Waals surface area contributed by atoms with E-state index < -0.39 is 0 Å². The number of methoxy groups -OCH3 is 1. The van der Waals surface area contributed by atoms with E-state index >= 15 is 0 Å². The Hall–Kier alpha value is -0.940. The first-order valence-electron chi connectivity index (χ1n) is 8.36. The van der Waals surface area contributed by atoms with Crippen LogP contribution in [0.5, 0.6) is 0 Å². The molecule has 2 saturated carbocycles. The van der Waals surface area contributed by atoms with E-state index in [9.17, 15) is 0 Å². The third-order valence-corrected chi connectivity index (χ3v) is 5.43. The summed E-state index contributed by atoms with van der Waals surface area (Å²) >= 11 is 0. The van der Waals surface area contributed by atoms with Crippen molar-refractivity contribution >= 4 is 0 Å². The second-order valence-electron chi connectivity index (χ2n) is 6.70. The number of rotatable bonds is 5. The average molecular weight is 293 g/mol. The van der Waals surface area contributed by atoms with Crippen molar-refractivity contribution in [3.8, 4) is 0 Å². The van der Waals surface area contributed by atoms with Crippen LogP contribution in [0.2, 0.25) is 0 Å². The van der Waals surface area contributed by atoms with Crippen molar-refractivity contribution < 1.29 is 9.26 Å². The first-order valence-corrected chi connectivity index (χ1v) is 8.36. The Morgan fingerprint density at radius 3 is 2.57 bits per heavy atom. The molecule has 0 saturated heterocycles. The van der Waals surface area contributed by atoms with Gasteiger partial charge in [0.1, 0.15) is 6.10 Å². The summed E-state index contributed by atoms with van der Waals surface area (Å²) in [6.45, 7) is 0.593. The summed E-state index contributed by atoms with van der Waals surface area (Å²) in [5.74, 6) is 1.97. The topological polar surface area (TPSA) is 74.2 Å². The molecule has 3 rings (SSSR count). The van der Waals surface area contributed by atoms with Gasteiger partial charge in [0, 0.05) is 13.7 Å². The highest BCUT2D eigenvalue weighted by Gasteiger charge is 2.40. The summed E-state index contributed by atoms with van der Waals surface area (Å²) in [6.07, 6.45) is 10.8. The molecule has 2 aliphatic rings. The minimum absolute atomic E-state index is 0.0287. The molecule has 2 fully saturated rings. The second kappa shape index (κ2) is 6.44. The van der Waals surface area contributed by atoms with Gasteiger partial charge in [0.15, 0.2) is 0 Å². The highest BCUT2D eigenvalue weighted by molar-refractivity contribution is 5.10. The molecular formula is C16H27N3O2. The summed E-state index contributed by atoms with van der Waals surface area (Å²) in [5.41, 5.74) is 5.92. The number of nitrogens with two attached hydrogens (primary N) is 1. The van der Waals surface area contributed by atoms with Crippen LogP contribution in [0.15, 0.2) is 4.52 Å². The maximum Gasteiger partial charge on any atom is 0.234 e. The second-order valence-corrected chi connectivity index (χ2v) is 6.70. The molecule has 21 heavy (non-hydrogen) atoms. The molecule has 1 unspecified atom stereocenters. The van der Waals surface area contributed by atoms with E-state index in [1.807, 2.05) is 0 Å². The van der Waals surface area contributed by atoms with E-state index in [0.29, 0.717) is 12.5 Å². The molecule has 0 amide bonds. The van der Waals surface area contributed by atoms with Crippen molar-refractivity contribution in [2.24, 2.45) is 11.7 Å². The van der Waals surface area contributed by atoms with Crippen molar-refractivity contribution in [1.29, 1.82) is 0 Å². The SMILES string of the molecule is COC(c1noc(C2(CN)CCCC2)n1)C1CCCCC1. The summed E-state index contributed by atoms with van der Waals surface area (Å²) < 4.78 is 11.3. The first-order chi connectivity index (χ1) is 10.3. The zero-order valence-electron chi connectivity index (χ0n) is 13.0. The highest BCUT2D eigenvalue weighted by Crippen LogP contribution is 2.41. The number of hydrogen-bond acceptors (Lipinski definition) is 5. The third-order valence-electron chi connectivity index (χ3n) is 5.43. The fourth-order valence-corrected chi connectivity index (χ4v) is 4.07. The lowest BCUT2D eigenvalue weighted by molar-refractivity contribution is 0.0273. The minimum atomic E-state index is -0.0872. The van der Waals surface area contributed by atoms with Gasteiger partial charge in [-0.2, -0.15) is 4.98 Å². The van der Waals surface area contributed by atoms with E-state index in [1.165, 1.54) is 44.9 Å². The lowest BCUT2D eigenvalue weighted by Gasteiger charge is -2.27. The van der Waals surface area contributed by atoms with E-state index in [-0.39, 0.29) is 11.5 Å². The smallest absolute Gasteiger partial charge is 0.234 e. The molecule has 5 nitrogen and oxygen atoms in total. The van der Waals surface area contributed by atoms with Gasteiger partial charge >= 0.3 is 0 Å². The van der Waals surface area contributed by atoms with Crippen LogP contribution in [0.3, 0.4) is 0 Å². The molecule has 1 atom stereocenters. The summed E-state index contributed by atoms with van der Waals surface area (Å²) in [4.78, 5) is 4.70. The molecular weight excluding hydrogens is 266 g/mol. The van der Waals surface area contributed by atoms with E-state index in [2.05, 4.69) is 5.16 Å². The van der Waals surface area contributed by atoms with Crippen molar-refractivity contribution in [2.45, 2.75) is 69.3 Å². The predicted octanol–water partition coefficient (Wildman–Crippen LogP) is 3.11. The zero-order valence-corrected chi connectivity index (χ0v) is 13.0. The Morgan fingerprint density at radius 1 is 1.24 bits per heavy atom. The fraction of sp³-hybridized carbons (Fsp3) is 0.875. The monoisotopic (exact) mass is 293 g/mol. The Labute approximate surface area is 126 Å². The van der Waals surface area contributed by atoms with Crippen LogP contribution in [0.25, 0.3) is 0 Å². The quantitative estimate of drug-likeness (QED) is 0.903. The largest absolute Gasteiger partial charge is 0.373 e. The van der Waals surface area contributed by atoms with Gasteiger partial charge < -0.3 is 15.0 Å². The lowest BCUT2D eigenvalue weighted by Crippen LogP contribution is -2.32. The van der Waals surface area contributed by atoms with E-state index in [4.69, 9.17) is 20.0 Å². The fourth-order valence-electron chi connectivity index (χ4n) is 4.07. The summed E-state index contributed by atoms with van der Waals surface area (Å²) in [6, 6.07) is 0. The molecule has 1 heterocycles. The molecule has 118 valence electrons. The number of nitrogens with zero attached hydrogens (tertiary/aromatic N) is 2. The van der Waals surface area contributed by atoms with Crippen LogP contribution in [-0.4, -0.2) is 23.8 Å². The Kier molecular flexibility index (Phi) is 4.60. The van der Waals surface area contributed by atoms with Crippen molar-refractivity contribution in [3.05, 3.63) is 11.7 Å². The predicted molar refractivity (Wildman–Crippen MR) is 79.8 cm³/mol. The van der Waals surface area contributed by atoms with Gasteiger partial charge in [0.05, 0.1) is 5.41 Å². The van der Waals surface area contributed by atoms with Crippen LogP contribution < -0.4 is 5.73 Å². The van der Waals surface area contributed by atoms with Gasteiger partial charge in [0.25, 0.3) is 0 Å². The van der Waals surface area contributed by atoms with Gasteiger partial charge in [0.2, 0.25) is 11.7 Å². The van der Waals surface area contributed by atoms with Crippen molar-refractivity contribution in [2.75, 3.05) is 13.7 Å². The Bertz CT molecular complexity index is 448. The van der Waals surface area contributed by atoms with Crippen LogP contribution >= 0.6 is 0 Å². The molecule has 2 aliphatic carbocycles. The maximum atomic E-state index is 6.00. The lowest BCUT2D eigenvalue weighted by atomic mass is 9.84. The minimum Gasteiger partial charge on any atom is -0.373 e. The van der Waals surface area contributed by atoms with Crippen LogP contribution in [-0.2, 0) is 10.2 Å². The molecule has 2 N–H and O–H groups in total. The van der Waals surface area contributed by atoms with Gasteiger partial charge in [-0.25, -0.2) is 0 Å². The molecule has 0 aromatic carbocycles. The molecule has 1 aromatic heterocycles. The molecule has 1 aromatic rings. The number of hydrogen-bond donors (Lipinski definition) is 1. The molecule has 0 radical (unpaired) electrons. The molecule has 5 heteroatoms. The van der Waals surface area contributed by atoms with Crippen molar-refractivity contribution in [3.63, 3.8) is 0 Å². The average Bonchev–Trinajstić information content (AvgIpc) is 3.19. The molecule has 0 spiro atoms. The normalized spacial score (nSPS) is 24.3. The zero-order chi connectivity index (χ0) is 14.7. The standard InChI is InChI=1S/C16H27N3O2/c1-20-13(12-7-3-2-4-8-12)14-18-15(21-19-14)16(11-17)9-5-6-10-16/h12-13H,2-11,17H2,1H3. The summed E-state index contributed by atoms with van der Waals surface area (Å²) in [7, 11) is 1.75. The van der Waals surface area contributed by atoms with Gasteiger partial charge in [-0.05, 0) is 31.6 Å². The van der Waals surface area contributed by atoms with Gasteiger partial charge in [-0.15, -0.1) is 0 Å². The Balaban J connectivity index is 1.79. The van der Waals surface area contributed by atoms with Crippen LogP contribution in [0.4, 0.5) is 0 Å². The van der Waals surface area contributed by atoms with Crippen LogP contribution in [0, 0.1) is 5.92 Å². The highest BCUT2D eigenvalue weighted by atomic mass is 16.5. The van der Waals surface area contributed by atoms with E-state index in [1.54, 1.807) is 7.11 Å². The van der Waals surface area contributed by atoms with Crippen LogP contribution in [0.1, 0.15) is 75.6 Å². The Morgan fingerprint density at radius 2 is 1.95 bits per heavy atom. The summed E-state index contributed by atoms with van der Waals surface area (Å²) in [5, 5.41) is 4.23. The number of aromatic nitrogens is 2.